The number of nitrogens with one attached hydrogen (secondary N) is 1. The average Bonchev–Trinajstić information content (AvgIpc) is 3.07. The van der Waals surface area contributed by atoms with Crippen LogP contribution in [0.1, 0.15) is 27.2 Å². The maximum atomic E-state index is 12.3. The molecule has 6 heteroatoms. The molecule has 0 aliphatic heterocycles. The van der Waals surface area contributed by atoms with Crippen LogP contribution in [0.15, 0.2) is 58.3 Å². The number of benzene rings is 2. The Labute approximate surface area is 160 Å². The van der Waals surface area contributed by atoms with Crippen LogP contribution in [0.5, 0.6) is 0 Å². The van der Waals surface area contributed by atoms with Crippen molar-refractivity contribution in [3.05, 3.63) is 76.3 Å². The number of carbonyl (C=O) groups excluding carboxylic acids is 1. The number of thiazole rings is 1. The number of nitrogens with zero attached hydrogens (tertiary/aromatic N) is 2. The van der Waals surface area contributed by atoms with Gasteiger partial charge in [-0.3, -0.25) is 4.79 Å². The van der Waals surface area contributed by atoms with E-state index >= 15 is 0 Å². The summed E-state index contributed by atoms with van der Waals surface area (Å²) in [6.07, 6.45) is 0.369. The van der Waals surface area contributed by atoms with Gasteiger partial charge in [0.1, 0.15) is 4.34 Å². The number of rotatable bonds is 6. The van der Waals surface area contributed by atoms with Gasteiger partial charge in [0.05, 0.1) is 12.5 Å². The molecule has 3 aromatic rings. The summed E-state index contributed by atoms with van der Waals surface area (Å²) < 4.78 is 1.06. The molecule has 0 unspecified atom stereocenters. The highest BCUT2D eigenvalue weighted by Gasteiger charge is 2.07. The summed E-state index contributed by atoms with van der Waals surface area (Å²) in [5.41, 5.74) is 4.47. The zero-order valence-corrected chi connectivity index (χ0v) is 15.9. The molecule has 0 aliphatic rings. The number of thioether (sulfide) groups is 1. The number of hydrogen-bond donors (Lipinski definition) is 1. The lowest BCUT2D eigenvalue weighted by atomic mass is 10.1. The molecule has 26 heavy (non-hydrogen) atoms. The van der Waals surface area contributed by atoms with Gasteiger partial charge in [0.25, 0.3) is 5.91 Å². The monoisotopic (exact) mass is 379 g/mol. The van der Waals surface area contributed by atoms with Crippen LogP contribution in [0.4, 0.5) is 5.69 Å². The third kappa shape index (κ3) is 4.94. The van der Waals surface area contributed by atoms with E-state index < -0.39 is 0 Å². The van der Waals surface area contributed by atoms with Gasteiger partial charge < -0.3 is 5.32 Å². The lowest BCUT2D eigenvalue weighted by Crippen LogP contribution is -2.11. The zero-order chi connectivity index (χ0) is 18.4. The Morgan fingerprint density at radius 1 is 1.15 bits per heavy atom. The smallest absolute Gasteiger partial charge is 0.255 e. The van der Waals surface area contributed by atoms with Crippen LogP contribution in [0.3, 0.4) is 0 Å². The van der Waals surface area contributed by atoms with E-state index in [1.807, 2.05) is 60.8 Å². The van der Waals surface area contributed by atoms with E-state index in [0.717, 1.165) is 32.6 Å². The normalized spacial score (nSPS) is 10.3. The Kier molecular flexibility index (Phi) is 6.05. The highest BCUT2D eigenvalue weighted by molar-refractivity contribution is 8.00. The second kappa shape index (κ2) is 8.65. The standard InChI is InChI=1S/C20H17N3OS2/c1-14-12-25-20(22-14)26-13-16-2-6-17(7-3-16)19(24)23-18-8-4-15(5-9-18)10-11-21/h2-9,12H,10,13H2,1H3,(H,23,24). The summed E-state index contributed by atoms with van der Waals surface area (Å²) >= 11 is 3.35. The molecule has 1 amide bonds. The molecule has 2 aromatic carbocycles. The number of aryl methyl sites for hydroxylation is 1. The van der Waals surface area contributed by atoms with E-state index in [4.69, 9.17) is 5.26 Å². The van der Waals surface area contributed by atoms with Crippen molar-refractivity contribution in [1.29, 1.82) is 5.26 Å². The van der Waals surface area contributed by atoms with Crippen LogP contribution in [0.25, 0.3) is 0 Å². The minimum atomic E-state index is -0.146. The highest BCUT2D eigenvalue weighted by atomic mass is 32.2. The van der Waals surface area contributed by atoms with E-state index in [1.54, 1.807) is 23.1 Å². The number of nitriles is 1. The van der Waals surface area contributed by atoms with Crippen LogP contribution < -0.4 is 5.32 Å². The second-order valence-electron chi connectivity index (χ2n) is 5.73. The average molecular weight is 380 g/mol. The molecule has 4 nitrogen and oxygen atoms in total. The maximum Gasteiger partial charge on any atom is 0.255 e. The minimum Gasteiger partial charge on any atom is -0.322 e. The quantitative estimate of drug-likeness (QED) is 0.608. The van der Waals surface area contributed by atoms with Crippen molar-refractivity contribution >= 4 is 34.7 Å². The van der Waals surface area contributed by atoms with Gasteiger partial charge in [0, 0.05) is 28.1 Å². The number of anilines is 1. The Bertz CT molecular complexity index is 925. The first-order valence-corrected chi connectivity index (χ1v) is 9.91. The van der Waals surface area contributed by atoms with Gasteiger partial charge in [-0.25, -0.2) is 4.98 Å². The third-order valence-corrected chi connectivity index (χ3v) is 5.88. The summed E-state index contributed by atoms with van der Waals surface area (Å²) in [6, 6.07) is 17.0. The van der Waals surface area contributed by atoms with Crippen molar-refractivity contribution in [2.45, 2.75) is 23.4 Å². The maximum absolute atomic E-state index is 12.3. The summed E-state index contributed by atoms with van der Waals surface area (Å²) in [5, 5.41) is 13.6. The van der Waals surface area contributed by atoms with Crippen LogP contribution in [0.2, 0.25) is 0 Å². The van der Waals surface area contributed by atoms with Gasteiger partial charge >= 0.3 is 0 Å². The number of amides is 1. The summed E-state index contributed by atoms with van der Waals surface area (Å²) in [5.74, 6) is 0.683. The predicted octanol–water partition coefficient (Wildman–Crippen LogP) is 5.06. The fourth-order valence-electron chi connectivity index (χ4n) is 2.30. The lowest BCUT2D eigenvalue weighted by molar-refractivity contribution is 0.102. The van der Waals surface area contributed by atoms with Crippen LogP contribution in [-0.2, 0) is 12.2 Å². The third-order valence-electron chi connectivity index (χ3n) is 3.67. The Morgan fingerprint density at radius 2 is 1.85 bits per heavy atom. The molecular weight excluding hydrogens is 362 g/mol. The number of hydrogen-bond acceptors (Lipinski definition) is 5. The molecule has 1 heterocycles. The van der Waals surface area contributed by atoms with Crippen LogP contribution in [0, 0.1) is 18.3 Å². The van der Waals surface area contributed by atoms with E-state index in [9.17, 15) is 4.79 Å². The molecule has 0 saturated heterocycles. The lowest BCUT2D eigenvalue weighted by Gasteiger charge is -2.07. The van der Waals surface area contributed by atoms with Gasteiger partial charge in [-0.15, -0.1) is 11.3 Å². The number of aromatic nitrogens is 1. The summed E-state index contributed by atoms with van der Waals surface area (Å²) in [6.45, 7) is 1.99. The fraction of sp³-hybridized carbons (Fsp3) is 0.150. The molecular formula is C20H17N3OS2. The van der Waals surface area contributed by atoms with Gasteiger partial charge in [0.15, 0.2) is 0 Å². The topological polar surface area (TPSA) is 65.8 Å². The molecule has 130 valence electrons. The number of carbonyl (C=O) groups is 1. The molecule has 0 radical (unpaired) electrons. The predicted molar refractivity (Wildman–Crippen MR) is 107 cm³/mol. The SMILES string of the molecule is Cc1csc(SCc2ccc(C(=O)Nc3ccc(CC#N)cc3)cc2)n1. The van der Waals surface area contributed by atoms with Crippen LogP contribution >= 0.6 is 23.1 Å². The van der Waals surface area contributed by atoms with Crippen molar-refractivity contribution in [2.24, 2.45) is 0 Å². The van der Waals surface area contributed by atoms with E-state index in [-0.39, 0.29) is 5.91 Å². The Hall–Kier alpha value is -2.62. The summed E-state index contributed by atoms with van der Waals surface area (Å²) in [4.78, 5) is 16.8. The van der Waals surface area contributed by atoms with E-state index in [2.05, 4.69) is 16.4 Å². The molecule has 3 rings (SSSR count). The molecule has 1 N–H and O–H groups in total. The molecule has 0 atom stereocenters. The van der Waals surface area contributed by atoms with Crippen molar-refractivity contribution < 1.29 is 4.79 Å². The molecule has 0 spiro atoms. The molecule has 1 aromatic heterocycles. The first kappa shape index (κ1) is 18.2. The van der Waals surface area contributed by atoms with E-state index in [0.29, 0.717) is 12.0 Å². The van der Waals surface area contributed by atoms with Gasteiger partial charge in [-0.2, -0.15) is 5.26 Å². The molecule has 0 fully saturated rings. The van der Waals surface area contributed by atoms with E-state index in [1.165, 1.54) is 0 Å². The van der Waals surface area contributed by atoms with Crippen molar-refractivity contribution in [3.63, 3.8) is 0 Å². The fourth-order valence-corrected chi connectivity index (χ4v) is 4.10. The largest absolute Gasteiger partial charge is 0.322 e. The molecule has 0 saturated carbocycles. The van der Waals surface area contributed by atoms with Crippen molar-refractivity contribution in [1.82, 2.24) is 4.98 Å². The second-order valence-corrected chi connectivity index (χ2v) is 7.81. The Morgan fingerprint density at radius 3 is 2.46 bits per heavy atom. The summed E-state index contributed by atoms with van der Waals surface area (Å²) in [7, 11) is 0. The Balaban J connectivity index is 1.57. The van der Waals surface area contributed by atoms with Gasteiger partial charge in [0.2, 0.25) is 0 Å². The highest BCUT2D eigenvalue weighted by Crippen LogP contribution is 2.26. The minimum absolute atomic E-state index is 0.146. The van der Waals surface area contributed by atoms with Crippen LogP contribution in [-0.4, -0.2) is 10.9 Å². The van der Waals surface area contributed by atoms with Gasteiger partial charge in [-0.05, 0) is 42.3 Å². The van der Waals surface area contributed by atoms with Gasteiger partial charge in [-0.1, -0.05) is 36.0 Å². The molecule has 0 bridgehead atoms. The first-order valence-electron chi connectivity index (χ1n) is 8.05. The molecule has 0 aliphatic carbocycles. The van der Waals surface area contributed by atoms with Crippen molar-refractivity contribution in [3.8, 4) is 6.07 Å². The zero-order valence-electron chi connectivity index (χ0n) is 14.2. The van der Waals surface area contributed by atoms with Crippen molar-refractivity contribution in [2.75, 3.05) is 5.32 Å². The first-order chi connectivity index (χ1) is 12.6.